The number of halogens is 6. The highest BCUT2D eigenvalue weighted by atomic mass is 19.4. The number of ether oxygens (including phenoxy) is 3. The van der Waals surface area contributed by atoms with Gasteiger partial charge in [-0.25, -0.2) is 9.48 Å². The molecule has 2 aromatic carbocycles. The molecule has 0 aliphatic carbocycles. The number of carbonyl (C=O) groups is 1. The summed E-state index contributed by atoms with van der Waals surface area (Å²) in [6, 6.07) is 8.40. The third kappa shape index (κ3) is 6.77. The van der Waals surface area contributed by atoms with E-state index in [1.54, 1.807) is 44.2 Å². The molecule has 0 N–H and O–H groups in total. The number of alkyl halides is 6. The van der Waals surface area contributed by atoms with Crippen LogP contribution in [0.15, 0.2) is 59.8 Å². The molecule has 1 aliphatic rings. The van der Waals surface area contributed by atoms with Crippen LogP contribution >= 0.6 is 0 Å². The van der Waals surface area contributed by atoms with Crippen molar-refractivity contribution in [1.29, 1.82) is 0 Å². The highest BCUT2D eigenvalue weighted by Gasteiger charge is 2.56. The van der Waals surface area contributed by atoms with Crippen LogP contribution in [-0.2, 0) is 26.6 Å². The van der Waals surface area contributed by atoms with Crippen molar-refractivity contribution in [2.24, 2.45) is 10.5 Å². The maximum atomic E-state index is 13.6. The minimum absolute atomic E-state index is 0.00491. The van der Waals surface area contributed by atoms with Crippen LogP contribution in [0.4, 0.5) is 26.3 Å². The summed E-state index contributed by atoms with van der Waals surface area (Å²) in [7, 11) is 1.19. The monoisotopic (exact) mass is 640 g/mol. The van der Waals surface area contributed by atoms with Gasteiger partial charge in [0.1, 0.15) is 0 Å². The molecule has 0 radical (unpaired) electrons. The molecule has 2 heterocycles. The summed E-state index contributed by atoms with van der Waals surface area (Å²) in [6.07, 6.45) is -11.2. The van der Waals surface area contributed by atoms with Gasteiger partial charge >= 0.3 is 18.3 Å². The zero-order valence-corrected chi connectivity index (χ0v) is 24.6. The van der Waals surface area contributed by atoms with Gasteiger partial charge in [0.05, 0.1) is 43.2 Å². The van der Waals surface area contributed by atoms with E-state index in [0.29, 0.717) is 17.7 Å². The Morgan fingerprint density at radius 2 is 1.71 bits per heavy atom. The molecule has 0 spiro atoms. The van der Waals surface area contributed by atoms with Crippen LogP contribution < -0.4 is 0 Å². The molecule has 0 bridgehead atoms. The summed E-state index contributed by atoms with van der Waals surface area (Å²) in [6.45, 7) is 4.71. The van der Waals surface area contributed by atoms with Crippen LogP contribution in [0.3, 0.4) is 0 Å². The van der Waals surface area contributed by atoms with Gasteiger partial charge in [0, 0.05) is 22.3 Å². The second-order valence-electron chi connectivity index (χ2n) is 10.7. The molecule has 45 heavy (non-hydrogen) atoms. The number of hydrogen-bond donors (Lipinski definition) is 0. The van der Waals surface area contributed by atoms with Crippen LogP contribution in [0.2, 0.25) is 0 Å². The van der Waals surface area contributed by atoms with E-state index in [4.69, 9.17) is 14.2 Å². The molecular weight excluding hydrogens is 610 g/mol. The molecule has 242 valence electrons. The molecule has 0 amide bonds. The predicted octanol–water partition coefficient (Wildman–Crippen LogP) is 7.66. The lowest BCUT2D eigenvalue weighted by molar-refractivity contribution is -0.235. The van der Waals surface area contributed by atoms with E-state index in [9.17, 15) is 36.7 Å². The number of esters is 1. The summed E-state index contributed by atoms with van der Waals surface area (Å²) >= 11 is 0. The van der Waals surface area contributed by atoms with E-state index in [1.165, 1.54) is 24.9 Å². The van der Waals surface area contributed by atoms with Crippen LogP contribution in [0.5, 0.6) is 0 Å². The number of aromatic nitrogens is 3. The van der Waals surface area contributed by atoms with Crippen molar-refractivity contribution >= 4 is 5.97 Å². The SMILES string of the molecule is COC(=O)c1cnnn1[C@H](C)[C@@]1([C@@H](C)N=[N+]=[N-])CCO[C@H](O[C@H](C)c2cc(C(F)(F)F)cc(C(F)(F)F)c2)[C@@H]1c1ccccc1. The van der Waals surface area contributed by atoms with Crippen molar-refractivity contribution in [2.45, 2.75) is 69.9 Å². The molecular formula is C29H30F6N6O4. The van der Waals surface area contributed by atoms with E-state index in [0.717, 1.165) is 0 Å². The maximum Gasteiger partial charge on any atom is 0.416 e. The smallest absolute Gasteiger partial charge is 0.416 e. The van der Waals surface area contributed by atoms with Crippen LogP contribution in [0.1, 0.15) is 78.0 Å². The molecule has 3 aromatic rings. The number of azide groups is 1. The van der Waals surface area contributed by atoms with Crippen LogP contribution in [0.25, 0.3) is 10.4 Å². The number of benzene rings is 2. The fourth-order valence-corrected chi connectivity index (χ4v) is 6.08. The van der Waals surface area contributed by atoms with Crippen molar-refractivity contribution in [3.63, 3.8) is 0 Å². The number of rotatable bonds is 9. The van der Waals surface area contributed by atoms with Gasteiger partial charge in [0.2, 0.25) is 0 Å². The molecule has 1 saturated heterocycles. The van der Waals surface area contributed by atoms with Gasteiger partial charge in [-0.05, 0) is 55.1 Å². The molecule has 1 fully saturated rings. The summed E-state index contributed by atoms with van der Waals surface area (Å²) in [4.78, 5) is 15.6. The fraction of sp³-hybridized carbons (Fsp3) is 0.483. The van der Waals surface area contributed by atoms with Gasteiger partial charge in [0.25, 0.3) is 0 Å². The predicted molar refractivity (Wildman–Crippen MR) is 147 cm³/mol. The minimum Gasteiger partial charge on any atom is -0.464 e. The molecule has 1 aromatic heterocycles. The van der Waals surface area contributed by atoms with Crippen LogP contribution in [0, 0.1) is 5.41 Å². The summed E-state index contributed by atoms with van der Waals surface area (Å²) in [5.74, 6) is -1.57. The lowest BCUT2D eigenvalue weighted by atomic mass is 9.60. The quantitative estimate of drug-likeness (QED) is 0.0778. The summed E-state index contributed by atoms with van der Waals surface area (Å²) in [5, 5.41) is 12.0. The van der Waals surface area contributed by atoms with E-state index < -0.39 is 65.3 Å². The molecule has 1 aliphatic heterocycles. The average molecular weight is 641 g/mol. The molecule has 6 atom stereocenters. The van der Waals surface area contributed by atoms with E-state index in [1.807, 2.05) is 0 Å². The summed E-state index contributed by atoms with van der Waals surface area (Å²) < 4.78 is 100. The van der Waals surface area contributed by atoms with Crippen LogP contribution in [-0.4, -0.2) is 47.0 Å². The lowest BCUT2D eigenvalue weighted by Crippen LogP contribution is -2.54. The van der Waals surface area contributed by atoms with Crippen molar-refractivity contribution in [2.75, 3.05) is 13.7 Å². The van der Waals surface area contributed by atoms with Crippen molar-refractivity contribution in [3.8, 4) is 0 Å². The first-order valence-electron chi connectivity index (χ1n) is 13.8. The largest absolute Gasteiger partial charge is 0.464 e. The highest BCUT2D eigenvalue weighted by molar-refractivity contribution is 5.87. The second kappa shape index (κ2) is 13.1. The normalized spacial score (nSPS) is 22.6. The molecule has 0 saturated carbocycles. The van der Waals surface area contributed by atoms with Gasteiger partial charge in [0.15, 0.2) is 12.0 Å². The third-order valence-corrected chi connectivity index (χ3v) is 8.36. The second-order valence-corrected chi connectivity index (χ2v) is 10.7. The van der Waals surface area contributed by atoms with Gasteiger partial charge in [-0.2, -0.15) is 26.3 Å². The van der Waals surface area contributed by atoms with Crippen molar-refractivity contribution in [3.05, 3.63) is 93.1 Å². The third-order valence-electron chi connectivity index (χ3n) is 8.36. The van der Waals surface area contributed by atoms with Crippen molar-refractivity contribution < 1.29 is 45.3 Å². The first-order valence-corrected chi connectivity index (χ1v) is 13.8. The van der Waals surface area contributed by atoms with Crippen molar-refractivity contribution in [1.82, 2.24) is 15.0 Å². The average Bonchev–Trinajstić information content (AvgIpc) is 3.49. The minimum atomic E-state index is -5.05. The molecule has 16 heteroatoms. The summed E-state index contributed by atoms with van der Waals surface area (Å²) in [5.41, 5.74) is 5.63. The number of nitrogens with zero attached hydrogens (tertiary/aromatic N) is 6. The van der Waals surface area contributed by atoms with Gasteiger partial charge in [-0.3, -0.25) is 0 Å². The maximum absolute atomic E-state index is 13.6. The highest BCUT2D eigenvalue weighted by Crippen LogP contribution is 2.56. The van der Waals surface area contributed by atoms with Gasteiger partial charge < -0.3 is 14.2 Å². The van der Waals surface area contributed by atoms with E-state index in [2.05, 4.69) is 20.3 Å². The topological polar surface area (TPSA) is 124 Å². The number of hydrogen-bond acceptors (Lipinski definition) is 7. The number of methoxy groups -OCH3 is 1. The Morgan fingerprint density at radius 3 is 2.27 bits per heavy atom. The van der Waals surface area contributed by atoms with E-state index >= 15 is 0 Å². The van der Waals surface area contributed by atoms with Gasteiger partial charge in [-0.1, -0.05) is 47.6 Å². The number of carbonyl (C=O) groups excluding carboxylic acids is 1. The molecule has 4 rings (SSSR count). The first kappa shape index (κ1) is 33.7. The zero-order chi connectivity index (χ0) is 33.2. The van der Waals surface area contributed by atoms with Gasteiger partial charge in [-0.15, -0.1) is 5.10 Å². The zero-order valence-electron chi connectivity index (χ0n) is 24.6. The Kier molecular flexibility index (Phi) is 9.80. The Balaban J connectivity index is 1.87. The Morgan fingerprint density at radius 1 is 1.09 bits per heavy atom. The Hall–Kier alpha value is -4.14. The molecule has 10 nitrogen and oxygen atoms in total. The molecule has 0 unspecified atom stereocenters. The standard InChI is InChI=1S/C29H30F6N6O4/c1-16(20-12-21(28(30,31)32)14-22(13-20)29(33,34)35)45-26-24(19-8-6-5-7-9-19)27(10-11-44-26,17(2)38-39-36)18(3)41-23(15-37-40-41)25(42)43-4/h5-9,12-18,24,26H,10-11H2,1-4H3/t16-,17-,18-,24+,26-,27+/m1/s1. The fourth-order valence-electron chi connectivity index (χ4n) is 6.08. The lowest BCUT2D eigenvalue weighted by Gasteiger charge is -2.53. The Labute approximate surface area is 253 Å². The van der Waals surface area contributed by atoms with E-state index in [-0.39, 0.29) is 30.4 Å². The first-order chi connectivity index (χ1) is 21.1. The Bertz CT molecular complexity index is 1510.